The Bertz CT molecular complexity index is 531. The van der Waals surface area contributed by atoms with Crippen LogP contribution < -0.4 is 0 Å². The third-order valence-corrected chi connectivity index (χ3v) is 2.80. The van der Waals surface area contributed by atoms with E-state index in [1.165, 1.54) is 7.11 Å². The molecule has 1 rings (SSSR count). The van der Waals surface area contributed by atoms with Crippen molar-refractivity contribution in [1.82, 2.24) is 0 Å². The third kappa shape index (κ3) is 4.73. The molecule has 0 N–H and O–H groups in total. The van der Waals surface area contributed by atoms with Gasteiger partial charge in [-0.15, -0.1) is 0 Å². The number of rotatable bonds is 6. The lowest BCUT2D eigenvalue weighted by Gasteiger charge is -2.09. The van der Waals surface area contributed by atoms with Crippen molar-refractivity contribution in [3.8, 4) is 6.07 Å². The summed E-state index contributed by atoms with van der Waals surface area (Å²) in [4.78, 5) is 22.7. The normalized spacial score (nSPS) is 9.65. The number of benzene rings is 1. The summed E-state index contributed by atoms with van der Waals surface area (Å²) in [5.41, 5.74) is 2.06. The lowest BCUT2D eigenvalue weighted by molar-refractivity contribution is -0.142. The summed E-state index contributed by atoms with van der Waals surface area (Å²) in [5.74, 6) is -0.647. The molecule has 0 aliphatic heterocycles. The SMILES string of the molecule is CCOC(=O)Cc1ccc(C#N)cc1CCC(=O)OC. The van der Waals surface area contributed by atoms with Crippen LogP contribution in [0.25, 0.3) is 0 Å². The van der Waals surface area contributed by atoms with E-state index in [4.69, 9.17) is 10.00 Å². The number of nitrogens with zero attached hydrogens (tertiary/aromatic N) is 1. The number of esters is 2. The maximum atomic E-state index is 11.5. The smallest absolute Gasteiger partial charge is 0.310 e. The molecule has 0 atom stereocenters. The number of methoxy groups -OCH3 is 1. The van der Waals surface area contributed by atoms with Crippen molar-refractivity contribution in [1.29, 1.82) is 5.26 Å². The summed E-state index contributed by atoms with van der Waals surface area (Å²) in [6, 6.07) is 7.11. The first-order valence-corrected chi connectivity index (χ1v) is 6.35. The van der Waals surface area contributed by atoms with E-state index in [0.29, 0.717) is 18.6 Å². The van der Waals surface area contributed by atoms with Crippen LogP contribution in [0.4, 0.5) is 0 Å². The highest BCUT2D eigenvalue weighted by atomic mass is 16.5. The fraction of sp³-hybridized carbons (Fsp3) is 0.400. The number of hydrogen-bond acceptors (Lipinski definition) is 5. The number of nitriles is 1. The molecule has 0 fully saturated rings. The Morgan fingerprint density at radius 1 is 1.25 bits per heavy atom. The van der Waals surface area contributed by atoms with Gasteiger partial charge in [-0.2, -0.15) is 5.26 Å². The van der Waals surface area contributed by atoms with Gasteiger partial charge in [-0.05, 0) is 36.6 Å². The zero-order chi connectivity index (χ0) is 15.0. The van der Waals surface area contributed by atoms with Gasteiger partial charge in [0.05, 0.1) is 31.8 Å². The Kier molecular flexibility index (Phi) is 6.24. The quantitative estimate of drug-likeness (QED) is 0.739. The van der Waals surface area contributed by atoms with E-state index in [9.17, 15) is 9.59 Å². The van der Waals surface area contributed by atoms with E-state index in [2.05, 4.69) is 4.74 Å². The van der Waals surface area contributed by atoms with Crippen LogP contribution in [0.3, 0.4) is 0 Å². The highest BCUT2D eigenvalue weighted by molar-refractivity contribution is 5.73. The number of hydrogen-bond donors (Lipinski definition) is 0. The van der Waals surface area contributed by atoms with Crippen LogP contribution >= 0.6 is 0 Å². The van der Waals surface area contributed by atoms with Gasteiger partial charge in [0.1, 0.15) is 0 Å². The van der Waals surface area contributed by atoms with E-state index in [0.717, 1.165) is 11.1 Å². The van der Waals surface area contributed by atoms with Crippen LogP contribution in [0.1, 0.15) is 30.0 Å². The number of carbonyl (C=O) groups is 2. The Morgan fingerprint density at radius 3 is 2.60 bits per heavy atom. The molecule has 0 amide bonds. The van der Waals surface area contributed by atoms with Crippen molar-refractivity contribution in [3.05, 3.63) is 34.9 Å². The Hall–Kier alpha value is -2.35. The largest absolute Gasteiger partial charge is 0.469 e. The van der Waals surface area contributed by atoms with Crippen molar-refractivity contribution >= 4 is 11.9 Å². The standard InChI is InChI=1S/C15H17NO4/c1-3-20-15(18)9-13-5-4-11(10-16)8-12(13)6-7-14(17)19-2/h4-5,8H,3,6-7,9H2,1-2H3. The summed E-state index contributed by atoms with van der Waals surface area (Å²) >= 11 is 0. The summed E-state index contributed by atoms with van der Waals surface area (Å²) in [6.07, 6.45) is 0.772. The van der Waals surface area contributed by atoms with Gasteiger partial charge in [0.2, 0.25) is 0 Å². The van der Waals surface area contributed by atoms with Gasteiger partial charge in [-0.3, -0.25) is 9.59 Å². The summed E-state index contributed by atoms with van der Waals surface area (Å²) in [6.45, 7) is 2.07. The van der Waals surface area contributed by atoms with E-state index < -0.39 is 0 Å². The summed E-state index contributed by atoms with van der Waals surface area (Å²) < 4.78 is 9.50. The Morgan fingerprint density at radius 2 is 2.00 bits per heavy atom. The topological polar surface area (TPSA) is 76.4 Å². The molecule has 106 valence electrons. The minimum atomic E-state index is -0.325. The van der Waals surface area contributed by atoms with Crippen molar-refractivity contribution in [2.45, 2.75) is 26.2 Å². The molecule has 0 spiro atoms. The second kappa shape index (κ2) is 7.95. The van der Waals surface area contributed by atoms with Gasteiger partial charge >= 0.3 is 11.9 Å². The maximum absolute atomic E-state index is 11.5. The second-order valence-electron chi connectivity index (χ2n) is 4.15. The van der Waals surface area contributed by atoms with Crippen LogP contribution in [0.15, 0.2) is 18.2 Å². The van der Waals surface area contributed by atoms with Crippen LogP contribution in [-0.2, 0) is 31.9 Å². The van der Waals surface area contributed by atoms with E-state index >= 15 is 0 Å². The van der Waals surface area contributed by atoms with Crippen LogP contribution in [0.5, 0.6) is 0 Å². The Labute approximate surface area is 118 Å². The van der Waals surface area contributed by atoms with Gasteiger partial charge in [-0.25, -0.2) is 0 Å². The van der Waals surface area contributed by atoms with Gasteiger partial charge in [0.25, 0.3) is 0 Å². The molecule has 0 aliphatic carbocycles. The molecular weight excluding hydrogens is 258 g/mol. The van der Waals surface area contributed by atoms with Gasteiger partial charge < -0.3 is 9.47 Å². The average Bonchev–Trinajstić information content (AvgIpc) is 2.46. The molecule has 5 nitrogen and oxygen atoms in total. The zero-order valence-corrected chi connectivity index (χ0v) is 11.6. The second-order valence-corrected chi connectivity index (χ2v) is 4.15. The number of aryl methyl sites for hydroxylation is 1. The molecule has 0 bridgehead atoms. The molecule has 1 aromatic carbocycles. The fourth-order valence-electron chi connectivity index (χ4n) is 1.81. The van der Waals surface area contributed by atoms with E-state index in [-0.39, 0.29) is 24.8 Å². The highest BCUT2D eigenvalue weighted by Gasteiger charge is 2.11. The third-order valence-electron chi connectivity index (χ3n) is 2.80. The molecule has 0 unspecified atom stereocenters. The Balaban J connectivity index is 2.89. The molecule has 0 aromatic heterocycles. The highest BCUT2D eigenvalue weighted by Crippen LogP contribution is 2.15. The first-order chi connectivity index (χ1) is 9.60. The lowest BCUT2D eigenvalue weighted by atomic mass is 9.98. The molecule has 0 radical (unpaired) electrons. The lowest BCUT2D eigenvalue weighted by Crippen LogP contribution is -2.10. The van der Waals surface area contributed by atoms with Crippen LogP contribution in [-0.4, -0.2) is 25.7 Å². The van der Waals surface area contributed by atoms with Crippen LogP contribution in [0, 0.1) is 11.3 Å². The van der Waals surface area contributed by atoms with E-state index in [1.54, 1.807) is 25.1 Å². The minimum absolute atomic E-state index is 0.135. The first kappa shape index (κ1) is 15.7. The number of ether oxygens (including phenoxy) is 2. The van der Waals surface area contributed by atoms with Gasteiger partial charge in [-0.1, -0.05) is 6.07 Å². The minimum Gasteiger partial charge on any atom is -0.469 e. The maximum Gasteiger partial charge on any atom is 0.310 e. The molecule has 0 saturated carbocycles. The monoisotopic (exact) mass is 275 g/mol. The molecular formula is C15H17NO4. The van der Waals surface area contributed by atoms with Crippen molar-refractivity contribution in [2.24, 2.45) is 0 Å². The molecule has 0 aliphatic rings. The molecule has 5 heteroatoms. The molecule has 0 heterocycles. The molecule has 20 heavy (non-hydrogen) atoms. The van der Waals surface area contributed by atoms with E-state index in [1.807, 2.05) is 6.07 Å². The summed E-state index contributed by atoms with van der Waals surface area (Å²) in [7, 11) is 1.33. The zero-order valence-electron chi connectivity index (χ0n) is 11.6. The molecule has 1 aromatic rings. The first-order valence-electron chi connectivity index (χ1n) is 6.35. The number of carbonyl (C=O) groups excluding carboxylic acids is 2. The van der Waals surface area contributed by atoms with Gasteiger partial charge in [0.15, 0.2) is 0 Å². The van der Waals surface area contributed by atoms with Crippen molar-refractivity contribution in [3.63, 3.8) is 0 Å². The predicted molar refractivity (Wildman–Crippen MR) is 71.8 cm³/mol. The fourth-order valence-corrected chi connectivity index (χ4v) is 1.81. The summed E-state index contributed by atoms with van der Waals surface area (Å²) in [5, 5.41) is 8.91. The predicted octanol–water partition coefficient (Wildman–Crippen LogP) is 1.77. The van der Waals surface area contributed by atoms with Crippen molar-refractivity contribution < 1.29 is 19.1 Å². The van der Waals surface area contributed by atoms with Crippen molar-refractivity contribution in [2.75, 3.05) is 13.7 Å². The molecule has 0 saturated heterocycles. The van der Waals surface area contributed by atoms with Crippen LogP contribution in [0.2, 0.25) is 0 Å². The van der Waals surface area contributed by atoms with Gasteiger partial charge in [0, 0.05) is 6.42 Å². The average molecular weight is 275 g/mol.